The molecule has 2 atom stereocenters. The number of benzene rings is 1. The number of hydrogen-bond acceptors (Lipinski definition) is 4. The molecule has 1 aliphatic heterocycles. The van der Waals surface area contributed by atoms with E-state index in [4.69, 9.17) is 0 Å². The molecule has 2 heterocycles. The number of hydrogen-bond donors (Lipinski definition) is 1. The molecule has 2 amide bonds. The smallest absolute Gasteiger partial charge is 0.254 e. The normalized spacial score (nSPS) is 23.0. The lowest BCUT2D eigenvalue weighted by Crippen LogP contribution is -2.47. The number of nitrogens with one attached hydrogen (secondary N) is 1. The van der Waals surface area contributed by atoms with Crippen molar-refractivity contribution in [2.45, 2.75) is 38.3 Å². The van der Waals surface area contributed by atoms with Gasteiger partial charge < -0.3 is 10.2 Å². The number of aromatic nitrogens is 1. The van der Waals surface area contributed by atoms with Crippen LogP contribution in [0.25, 0.3) is 0 Å². The van der Waals surface area contributed by atoms with Crippen LogP contribution in [0.1, 0.15) is 41.6 Å². The molecule has 7 heteroatoms. The van der Waals surface area contributed by atoms with Crippen LogP contribution in [0.15, 0.2) is 48.8 Å². The van der Waals surface area contributed by atoms with Crippen molar-refractivity contribution in [2.75, 3.05) is 26.2 Å². The van der Waals surface area contributed by atoms with E-state index in [2.05, 4.69) is 15.2 Å². The molecule has 1 aromatic carbocycles. The van der Waals surface area contributed by atoms with Gasteiger partial charge >= 0.3 is 0 Å². The summed E-state index contributed by atoms with van der Waals surface area (Å²) in [4.78, 5) is 34.1. The Morgan fingerprint density at radius 1 is 1.10 bits per heavy atom. The van der Waals surface area contributed by atoms with Gasteiger partial charge in [0.1, 0.15) is 5.82 Å². The number of carbonyl (C=O) groups excluding carboxylic acids is 2. The first-order chi connectivity index (χ1) is 15.1. The second kappa shape index (κ2) is 10.0. The summed E-state index contributed by atoms with van der Waals surface area (Å²) < 4.78 is 14.1. The van der Waals surface area contributed by atoms with Crippen LogP contribution < -0.4 is 5.32 Å². The predicted molar refractivity (Wildman–Crippen MR) is 116 cm³/mol. The number of nitrogens with zero attached hydrogens (tertiary/aromatic N) is 3. The van der Waals surface area contributed by atoms with Crippen LogP contribution in [-0.2, 0) is 11.3 Å². The van der Waals surface area contributed by atoms with Crippen molar-refractivity contribution in [3.63, 3.8) is 0 Å². The minimum Gasteiger partial charge on any atom is -0.355 e. The summed E-state index contributed by atoms with van der Waals surface area (Å²) in [5.41, 5.74) is 1.24. The Hall–Kier alpha value is -2.80. The molecule has 1 N–H and O–H groups in total. The molecule has 1 saturated carbocycles. The molecule has 6 nitrogen and oxygen atoms in total. The van der Waals surface area contributed by atoms with E-state index in [-0.39, 0.29) is 29.6 Å². The van der Waals surface area contributed by atoms with Crippen molar-refractivity contribution in [1.29, 1.82) is 0 Å². The van der Waals surface area contributed by atoms with E-state index in [0.717, 1.165) is 25.7 Å². The Morgan fingerprint density at radius 3 is 2.74 bits per heavy atom. The molecule has 2 aliphatic rings. The third kappa shape index (κ3) is 5.10. The molecule has 0 bridgehead atoms. The maximum atomic E-state index is 14.1. The highest BCUT2D eigenvalue weighted by atomic mass is 19.1. The third-order valence-electron chi connectivity index (χ3n) is 6.35. The van der Waals surface area contributed by atoms with E-state index in [1.165, 1.54) is 6.20 Å². The second-order valence-corrected chi connectivity index (χ2v) is 8.36. The van der Waals surface area contributed by atoms with Crippen LogP contribution >= 0.6 is 0 Å². The third-order valence-corrected chi connectivity index (χ3v) is 6.35. The Balaban J connectivity index is 1.53. The fourth-order valence-electron chi connectivity index (χ4n) is 4.76. The van der Waals surface area contributed by atoms with Gasteiger partial charge in [0.25, 0.3) is 5.91 Å². The Bertz CT molecular complexity index is 907. The zero-order valence-corrected chi connectivity index (χ0v) is 17.7. The molecule has 31 heavy (non-hydrogen) atoms. The topological polar surface area (TPSA) is 65.5 Å². The van der Waals surface area contributed by atoms with E-state index < -0.39 is 0 Å². The number of carbonyl (C=O) groups is 2. The van der Waals surface area contributed by atoms with E-state index in [9.17, 15) is 14.0 Å². The summed E-state index contributed by atoms with van der Waals surface area (Å²) in [5.74, 6) is -0.491. The van der Waals surface area contributed by atoms with Gasteiger partial charge in [-0.15, -0.1) is 0 Å². The lowest BCUT2D eigenvalue weighted by molar-refractivity contribution is -0.126. The Kier molecular flexibility index (Phi) is 6.92. The standard InChI is InChI=1S/C24H29FN4O2/c25-21-16-26-11-10-19(21)17-28-13-5-14-29(24(31)18-6-2-1-3-7-18)22-9-4-8-20(22)23(30)27-12-15-28/h1-3,6-7,10-11,16,20,22H,4-5,8-9,12-15,17H2,(H,27,30). The van der Waals surface area contributed by atoms with Crippen LogP contribution in [0.2, 0.25) is 0 Å². The largest absolute Gasteiger partial charge is 0.355 e. The van der Waals surface area contributed by atoms with Crippen LogP contribution in [-0.4, -0.2) is 58.8 Å². The summed E-state index contributed by atoms with van der Waals surface area (Å²) in [6.07, 6.45) is 6.19. The van der Waals surface area contributed by atoms with Crippen LogP contribution in [0.4, 0.5) is 4.39 Å². The number of rotatable bonds is 3. The molecule has 0 radical (unpaired) electrons. The number of pyridine rings is 1. The summed E-state index contributed by atoms with van der Waals surface area (Å²) in [5, 5.41) is 3.06. The van der Waals surface area contributed by atoms with Gasteiger partial charge in [0.15, 0.2) is 0 Å². The van der Waals surface area contributed by atoms with E-state index in [0.29, 0.717) is 43.9 Å². The van der Waals surface area contributed by atoms with Crippen LogP contribution in [0.5, 0.6) is 0 Å². The van der Waals surface area contributed by atoms with Gasteiger partial charge in [-0.05, 0) is 37.5 Å². The minimum absolute atomic E-state index is 0.0173. The van der Waals surface area contributed by atoms with Gasteiger partial charge in [-0.3, -0.25) is 19.5 Å². The summed E-state index contributed by atoms with van der Waals surface area (Å²) in [6, 6.07) is 10.9. The minimum atomic E-state index is -0.323. The van der Waals surface area contributed by atoms with Gasteiger partial charge in [0.2, 0.25) is 5.91 Å². The predicted octanol–water partition coefficient (Wildman–Crippen LogP) is 2.85. The molecule has 164 valence electrons. The Morgan fingerprint density at radius 2 is 1.94 bits per heavy atom. The fraction of sp³-hybridized carbons (Fsp3) is 0.458. The van der Waals surface area contributed by atoms with Crippen molar-refractivity contribution in [3.05, 3.63) is 65.7 Å². The second-order valence-electron chi connectivity index (χ2n) is 8.36. The molecule has 2 unspecified atom stereocenters. The maximum Gasteiger partial charge on any atom is 0.254 e. The number of fused-ring (bicyclic) bond motifs is 1. The average molecular weight is 425 g/mol. The lowest BCUT2D eigenvalue weighted by Gasteiger charge is -2.33. The fourth-order valence-corrected chi connectivity index (χ4v) is 4.76. The van der Waals surface area contributed by atoms with E-state index in [1.54, 1.807) is 12.3 Å². The molecule has 2 aromatic rings. The van der Waals surface area contributed by atoms with Crippen molar-refractivity contribution >= 4 is 11.8 Å². The van der Waals surface area contributed by atoms with Gasteiger partial charge in [-0.1, -0.05) is 24.6 Å². The van der Waals surface area contributed by atoms with Gasteiger partial charge in [0.05, 0.1) is 12.1 Å². The van der Waals surface area contributed by atoms with Gasteiger partial charge in [-0.25, -0.2) is 4.39 Å². The summed E-state index contributed by atoms with van der Waals surface area (Å²) in [6.45, 7) is 2.90. The number of halogens is 1. The molecule has 2 fully saturated rings. The first-order valence-electron chi connectivity index (χ1n) is 11.1. The zero-order valence-electron chi connectivity index (χ0n) is 17.7. The molecule has 4 rings (SSSR count). The van der Waals surface area contributed by atoms with Gasteiger partial charge in [-0.2, -0.15) is 0 Å². The molecule has 1 saturated heterocycles. The van der Waals surface area contributed by atoms with Crippen molar-refractivity contribution < 1.29 is 14.0 Å². The number of amides is 2. The summed E-state index contributed by atoms with van der Waals surface area (Å²) in [7, 11) is 0. The monoisotopic (exact) mass is 424 g/mol. The quantitative estimate of drug-likeness (QED) is 0.823. The first-order valence-corrected chi connectivity index (χ1v) is 11.1. The SMILES string of the molecule is O=C1NCCN(Cc2ccncc2F)CCCN(C(=O)c2ccccc2)C2CCCC12. The molecular formula is C24H29FN4O2. The van der Waals surface area contributed by atoms with Crippen LogP contribution in [0, 0.1) is 11.7 Å². The highest BCUT2D eigenvalue weighted by Crippen LogP contribution is 2.31. The molecular weight excluding hydrogens is 395 g/mol. The van der Waals surface area contributed by atoms with E-state index in [1.807, 2.05) is 35.2 Å². The van der Waals surface area contributed by atoms with Crippen molar-refractivity contribution in [3.8, 4) is 0 Å². The lowest BCUT2D eigenvalue weighted by atomic mass is 9.99. The summed E-state index contributed by atoms with van der Waals surface area (Å²) >= 11 is 0. The Labute approximate surface area is 182 Å². The van der Waals surface area contributed by atoms with Crippen LogP contribution in [0.3, 0.4) is 0 Å². The molecule has 0 spiro atoms. The first kappa shape index (κ1) is 21.4. The van der Waals surface area contributed by atoms with Gasteiger partial charge in [0, 0.05) is 56.1 Å². The zero-order chi connectivity index (χ0) is 21.6. The van der Waals surface area contributed by atoms with Crippen molar-refractivity contribution in [2.24, 2.45) is 5.92 Å². The molecule has 1 aliphatic carbocycles. The highest BCUT2D eigenvalue weighted by molar-refractivity contribution is 5.95. The average Bonchev–Trinajstić information content (AvgIpc) is 3.26. The van der Waals surface area contributed by atoms with Crippen molar-refractivity contribution in [1.82, 2.24) is 20.1 Å². The molecule has 1 aromatic heterocycles. The highest BCUT2D eigenvalue weighted by Gasteiger charge is 2.39. The maximum absolute atomic E-state index is 14.1. The van der Waals surface area contributed by atoms with E-state index >= 15 is 0 Å².